The molecule has 1 unspecified atom stereocenters. The smallest absolute Gasteiger partial charge is 0.254 e. The number of fused-ring (bicyclic) bond motifs is 1. The Balaban J connectivity index is 1.85. The zero-order chi connectivity index (χ0) is 14.1. The van der Waals surface area contributed by atoms with Crippen molar-refractivity contribution in [3.63, 3.8) is 0 Å². The molecule has 4 nitrogen and oxygen atoms in total. The van der Waals surface area contributed by atoms with Gasteiger partial charge >= 0.3 is 0 Å². The van der Waals surface area contributed by atoms with Gasteiger partial charge in [-0.1, -0.05) is 30.3 Å². The SMILES string of the molecule is Cc1cccc(N)c1C(=O)NC1COc2ccccc21. The van der Waals surface area contributed by atoms with Crippen LogP contribution in [0.1, 0.15) is 27.5 Å². The molecule has 1 aliphatic heterocycles. The van der Waals surface area contributed by atoms with Crippen molar-refractivity contribution in [3.05, 3.63) is 59.2 Å². The number of amides is 1. The maximum absolute atomic E-state index is 12.4. The molecule has 0 bridgehead atoms. The van der Waals surface area contributed by atoms with Crippen molar-refractivity contribution in [2.45, 2.75) is 13.0 Å². The third-order valence-corrected chi connectivity index (χ3v) is 3.54. The summed E-state index contributed by atoms with van der Waals surface area (Å²) in [7, 11) is 0. The van der Waals surface area contributed by atoms with E-state index in [1.165, 1.54) is 0 Å². The van der Waals surface area contributed by atoms with E-state index < -0.39 is 0 Å². The van der Waals surface area contributed by atoms with Crippen LogP contribution in [0, 0.1) is 6.92 Å². The zero-order valence-electron chi connectivity index (χ0n) is 11.2. The Morgan fingerprint density at radius 1 is 1.25 bits per heavy atom. The fourth-order valence-electron chi connectivity index (χ4n) is 2.51. The standard InChI is InChI=1S/C16H16N2O2/c1-10-5-4-7-12(17)15(10)16(19)18-13-9-20-14-8-3-2-6-11(13)14/h2-8,13H,9,17H2,1H3,(H,18,19). The Morgan fingerprint density at radius 2 is 2.05 bits per heavy atom. The second-order valence-electron chi connectivity index (χ2n) is 4.91. The van der Waals surface area contributed by atoms with E-state index >= 15 is 0 Å². The number of nitrogens with one attached hydrogen (secondary N) is 1. The molecule has 2 aromatic rings. The molecule has 0 spiro atoms. The first-order chi connectivity index (χ1) is 9.66. The minimum Gasteiger partial charge on any atom is -0.491 e. The van der Waals surface area contributed by atoms with Crippen molar-refractivity contribution in [2.24, 2.45) is 0 Å². The number of hydrogen-bond acceptors (Lipinski definition) is 3. The number of nitrogens with two attached hydrogens (primary N) is 1. The first kappa shape index (κ1) is 12.5. The Hall–Kier alpha value is -2.49. The van der Waals surface area contributed by atoms with E-state index in [0.29, 0.717) is 17.9 Å². The monoisotopic (exact) mass is 268 g/mol. The molecule has 0 radical (unpaired) electrons. The van der Waals surface area contributed by atoms with Crippen LogP contribution in [-0.4, -0.2) is 12.5 Å². The van der Waals surface area contributed by atoms with E-state index in [1.807, 2.05) is 43.3 Å². The van der Waals surface area contributed by atoms with E-state index in [2.05, 4.69) is 5.32 Å². The molecule has 4 heteroatoms. The molecule has 1 heterocycles. The Bertz CT molecular complexity index is 647. The molecular weight excluding hydrogens is 252 g/mol. The number of carbonyl (C=O) groups is 1. The molecule has 1 amide bonds. The number of benzene rings is 2. The summed E-state index contributed by atoms with van der Waals surface area (Å²) in [5.74, 6) is 0.668. The molecule has 0 saturated carbocycles. The lowest BCUT2D eigenvalue weighted by atomic mass is 10.0. The van der Waals surface area contributed by atoms with Gasteiger partial charge in [0.15, 0.2) is 0 Å². The minimum absolute atomic E-state index is 0.127. The number of ether oxygens (including phenoxy) is 1. The number of hydrogen-bond donors (Lipinski definition) is 2. The van der Waals surface area contributed by atoms with Crippen LogP contribution in [0.25, 0.3) is 0 Å². The second-order valence-corrected chi connectivity index (χ2v) is 4.91. The van der Waals surface area contributed by atoms with E-state index in [4.69, 9.17) is 10.5 Å². The predicted octanol–water partition coefficient (Wildman–Crippen LogP) is 2.44. The maximum atomic E-state index is 12.4. The topological polar surface area (TPSA) is 64.4 Å². The Labute approximate surface area is 117 Å². The Morgan fingerprint density at radius 3 is 2.85 bits per heavy atom. The highest BCUT2D eigenvalue weighted by Crippen LogP contribution is 2.32. The van der Waals surface area contributed by atoms with Crippen LogP contribution in [0.4, 0.5) is 5.69 Å². The summed E-state index contributed by atoms with van der Waals surface area (Å²) in [4.78, 5) is 12.4. The van der Waals surface area contributed by atoms with Gasteiger partial charge in [-0.15, -0.1) is 0 Å². The molecule has 1 atom stereocenters. The third kappa shape index (κ3) is 2.09. The lowest BCUT2D eigenvalue weighted by Crippen LogP contribution is -2.30. The molecule has 1 aliphatic rings. The van der Waals surface area contributed by atoms with Crippen LogP contribution in [-0.2, 0) is 0 Å². The number of aryl methyl sites for hydroxylation is 1. The molecule has 0 aliphatic carbocycles. The number of nitrogen functional groups attached to an aromatic ring is 1. The third-order valence-electron chi connectivity index (χ3n) is 3.54. The first-order valence-electron chi connectivity index (χ1n) is 6.54. The number of para-hydroxylation sites is 1. The molecule has 0 fully saturated rings. The Kier molecular flexibility index (Phi) is 3.06. The van der Waals surface area contributed by atoms with Gasteiger partial charge in [-0.05, 0) is 24.6 Å². The van der Waals surface area contributed by atoms with Crippen LogP contribution in [0.15, 0.2) is 42.5 Å². The van der Waals surface area contributed by atoms with E-state index in [-0.39, 0.29) is 11.9 Å². The molecule has 0 aromatic heterocycles. The second kappa shape index (κ2) is 4.89. The molecule has 20 heavy (non-hydrogen) atoms. The highest BCUT2D eigenvalue weighted by molar-refractivity contribution is 6.00. The van der Waals surface area contributed by atoms with E-state index in [9.17, 15) is 4.79 Å². The molecule has 102 valence electrons. The highest BCUT2D eigenvalue weighted by Gasteiger charge is 2.26. The van der Waals surface area contributed by atoms with Crippen molar-refractivity contribution in [1.82, 2.24) is 5.32 Å². The van der Waals surface area contributed by atoms with Crippen molar-refractivity contribution in [1.29, 1.82) is 0 Å². The summed E-state index contributed by atoms with van der Waals surface area (Å²) in [5, 5.41) is 2.99. The fraction of sp³-hybridized carbons (Fsp3) is 0.188. The number of anilines is 1. The van der Waals surface area contributed by atoms with E-state index in [1.54, 1.807) is 6.07 Å². The lowest BCUT2D eigenvalue weighted by Gasteiger charge is -2.14. The number of rotatable bonds is 2. The van der Waals surface area contributed by atoms with Crippen LogP contribution in [0.5, 0.6) is 5.75 Å². The van der Waals surface area contributed by atoms with Gasteiger partial charge in [0.2, 0.25) is 0 Å². The average molecular weight is 268 g/mol. The van der Waals surface area contributed by atoms with Crippen LogP contribution >= 0.6 is 0 Å². The van der Waals surface area contributed by atoms with Crippen LogP contribution in [0.3, 0.4) is 0 Å². The van der Waals surface area contributed by atoms with Gasteiger partial charge in [-0.3, -0.25) is 4.79 Å². The number of carbonyl (C=O) groups excluding carboxylic acids is 1. The summed E-state index contributed by atoms with van der Waals surface area (Å²) in [6.07, 6.45) is 0. The summed E-state index contributed by atoms with van der Waals surface area (Å²) in [5.41, 5.74) is 8.81. The van der Waals surface area contributed by atoms with E-state index in [0.717, 1.165) is 16.9 Å². The first-order valence-corrected chi connectivity index (χ1v) is 6.54. The molecule has 3 rings (SSSR count). The molecule has 0 saturated heterocycles. The normalized spacial score (nSPS) is 16.4. The van der Waals surface area contributed by atoms with Gasteiger partial charge in [0.05, 0.1) is 11.6 Å². The lowest BCUT2D eigenvalue weighted by molar-refractivity contribution is 0.0930. The molecule has 3 N–H and O–H groups in total. The van der Waals surface area contributed by atoms with Gasteiger partial charge < -0.3 is 15.8 Å². The van der Waals surface area contributed by atoms with Gasteiger partial charge in [0, 0.05) is 11.3 Å². The summed E-state index contributed by atoms with van der Waals surface area (Å²) in [6.45, 7) is 2.33. The average Bonchev–Trinajstić information content (AvgIpc) is 2.82. The van der Waals surface area contributed by atoms with Crippen LogP contribution < -0.4 is 15.8 Å². The maximum Gasteiger partial charge on any atom is 0.254 e. The van der Waals surface area contributed by atoms with Crippen molar-refractivity contribution in [3.8, 4) is 5.75 Å². The van der Waals surface area contributed by atoms with Gasteiger partial charge in [-0.25, -0.2) is 0 Å². The zero-order valence-corrected chi connectivity index (χ0v) is 11.2. The fourth-order valence-corrected chi connectivity index (χ4v) is 2.51. The summed E-state index contributed by atoms with van der Waals surface area (Å²) >= 11 is 0. The predicted molar refractivity (Wildman–Crippen MR) is 77.7 cm³/mol. The summed E-state index contributed by atoms with van der Waals surface area (Å²) in [6, 6.07) is 13.1. The minimum atomic E-state index is -0.161. The van der Waals surface area contributed by atoms with Crippen molar-refractivity contribution < 1.29 is 9.53 Å². The summed E-state index contributed by atoms with van der Waals surface area (Å²) < 4.78 is 5.56. The molecule has 2 aromatic carbocycles. The van der Waals surface area contributed by atoms with Crippen LogP contribution in [0.2, 0.25) is 0 Å². The van der Waals surface area contributed by atoms with Gasteiger partial charge in [-0.2, -0.15) is 0 Å². The largest absolute Gasteiger partial charge is 0.491 e. The van der Waals surface area contributed by atoms with Crippen molar-refractivity contribution >= 4 is 11.6 Å². The molecular formula is C16H16N2O2. The van der Waals surface area contributed by atoms with Gasteiger partial charge in [0.25, 0.3) is 5.91 Å². The van der Waals surface area contributed by atoms with Gasteiger partial charge in [0.1, 0.15) is 12.4 Å². The highest BCUT2D eigenvalue weighted by atomic mass is 16.5. The van der Waals surface area contributed by atoms with Crippen molar-refractivity contribution in [2.75, 3.05) is 12.3 Å². The quantitative estimate of drug-likeness (QED) is 0.822.